The fraction of sp³-hybridized carbons (Fsp3) is 0.421. The van der Waals surface area contributed by atoms with Gasteiger partial charge in [-0.25, -0.2) is 0 Å². The standard InChI is InChI=1S/C19H23NO2S/c1-13(2)15-5-4-6-17(11-15)22-14(3)19(21)20-9-7-18-16(12-20)8-10-23-18/h4-6,8,10-11,13-14H,7,9,12H2,1-3H3. The monoisotopic (exact) mass is 329 g/mol. The number of carbonyl (C=O) groups is 1. The van der Waals surface area contributed by atoms with Crippen molar-refractivity contribution in [1.29, 1.82) is 0 Å². The molecule has 122 valence electrons. The molecule has 2 heterocycles. The van der Waals surface area contributed by atoms with Crippen molar-refractivity contribution in [3.8, 4) is 5.75 Å². The third-order valence-electron chi connectivity index (χ3n) is 4.30. The number of hydrogen-bond acceptors (Lipinski definition) is 3. The van der Waals surface area contributed by atoms with E-state index in [-0.39, 0.29) is 5.91 Å². The highest BCUT2D eigenvalue weighted by atomic mass is 32.1. The van der Waals surface area contributed by atoms with Gasteiger partial charge in [0.1, 0.15) is 5.75 Å². The Bertz CT molecular complexity index is 692. The van der Waals surface area contributed by atoms with Crippen LogP contribution in [0.2, 0.25) is 0 Å². The molecule has 1 unspecified atom stereocenters. The fourth-order valence-electron chi connectivity index (χ4n) is 2.90. The van der Waals surface area contributed by atoms with Gasteiger partial charge in [0.25, 0.3) is 5.91 Å². The van der Waals surface area contributed by atoms with E-state index in [9.17, 15) is 4.79 Å². The van der Waals surface area contributed by atoms with Gasteiger partial charge in [-0.15, -0.1) is 11.3 Å². The molecule has 1 amide bonds. The molecule has 4 heteroatoms. The topological polar surface area (TPSA) is 29.5 Å². The predicted molar refractivity (Wildman–Crippen MR) is 94.1 cm³/mol. The Morgan fingerprint density at radius 2 is 2.09 bits per heavy atom. The largest absolute Gasteiger partial charge is 0.481 e. The minimum Gasteiger partial charge on any atom is -0.481 e. The zero-order valence-electron chi connectivity index (χ0n) is 13.9. The lowest BCUT2D eigenvalue weighted by molar-refractivity contribution is -0.138. The van der Waals surface area contributed by atoms with Gasteiger partial charge in [-0.1, -0.05) is 26.0 Å². The molecule has 0 saturated heterocycles. The van der Waals surface area contributed by atoms with Crippen molar-refractivity contribution >= 4 is 17.2 Å². The average molecular weight is 329 g/mol. The molecule has 1 aliphatic heterocycles. The summed E-state index contributed by atoms with van der Waals surface area (Å²) in [5.41, 5.74) is 2.51. The van der Waals surface area contributed by atoms with Crippen molar-refractivity contribution in [2.75, 3.05) is 6.54 Å². The van der Waals surface area contributed by atoms with Crippen LogP contribution in [0.5, 0.6) is 5.75 Å². The fourth-order valence-corrected chi connectivity index (χ4v) is 3.78. The van der Waals surface area contributed by atoms with E-state index in [1.54, 1.807) is 11.3 Å². The maximum absolute atomic E-state index is 12.7. The first-order valence-corrected chi connectivity index (χ1v) is 9.03. The summed E-state index contributed by atoms with van der Waals surface area (Å²) >= 11 is 1.79. The lowest BCUT2D eigenvalue weighted by atomic mass is 10.0. The number of fused-ring (bicyclic) bond motifs is 1. The van der Waals surface area contributed by atoms with Crippen LogP contribution in [0.4, 0.5) is 0 Å². The van der Waals surface area contributed by atoms with Crippen LogP contribution in [0.3, 0.4) is 0 Å². The van der Waals surface area contributed by atoms with Crippen LogP contribution in [0.1, 0.15) is 42.7 Å². The zero-order valence-corrected chi connectivity index (χ0v) is 14.7. The molecule has 0 radical (unpaired) electrons. The molecule has 1 aromatic heterocycles. The molecule has 3 rings (SSSR count). The Balaban J connectivity index is 1.65. The van der Waals surface area contributed by atoms with E-state index in [1.807, 2.05) is 30.0 Å². The second-order valence-corrected chi connectivity index (χ2v) is 7.37. The minimum atomic E-state index is -0.461. The number of carbonyl (C=O) groups excluding carboxylic acids is 1. The molecule has 3 nitrogen and oxygen atoms in total. The van der Waals surface area contributed by atoms with E-state index in [0.29, 0.717) is 12.5 Å². The maximum atomic E-state index is 12.7. The number of hydrogen-bond donors (Lipinski definition) is 0. The molecule has 1 atom stereocenters. The summed E-state index contributed by atoms with van der Waals surface area (Å²) in [7, 11) is 0. The summed E-state index contributed by atoms with van der Waals surface area (Å²) in [5, 5.41) is 2.11. The summed E-state index contributed by atoms with van der Waals surface area (Å²) in [6, 6.07) is 10.1. The molecule has 0 bridgehead atoms. The van der Waals surface area contributed by atoms with Gasteiger partial charge in [-0.05, 0) is 54.0 Å². The van der Waals surface area contributed by atoms with Crippen molar-refractivity contribution in [3.05, 3.63) is 51.7 Å². The minimum absolute atomic E-state index is 0.0665. The zero-order chi connectivity index (χ0) is 16.4. The third kappa shape index (κ3) is 3.58. The molecular weight excluding hydrogens is 306 g/mol. The third-order valence-corrected chi connectivity index (χ3v) is 5.33. The summed E-state index contributed by atoms with van der Waals surface area (Å²) in [6.07, 6.45) is 0.492. The number of amides is 1. The number of ether oxygens (including phenoxy) is 1. The molecule has 0 saturated carbocycles. The normalized spacial score (nSPS) is 15.4. The van der Waals surface area contributed by atoms with Crippen LogP contribution >= 0.6 is 11.3 Å². The number of nitrogens with zero attached hydrogens (tertiary/aromatic N) is 1. The Morgan fingerprint density at radius 1 is 1.26 bits per heavy atom. The SMILES string of the molecule is CC(Oc1cccc(C(C)C)c1)C(=O)N1CCc2sccc2C1. The first kappa shape index (κ1) is 16.1. The Kier molecular flexibility index (Phi) is 4.71. The molecule has 0 spiro atoms. The van der Waals surface area contributed by atoms with E-state index >= 15 is 0 Å². The summed E-state index contributed by atoms with van der Waals surface area (Å²) < 4.78 is 5.90. The molecule has 23 heavy (non-hydrogen) atoms. The van der Waals surface area contributed by atoms with Crippen LogP contribution in [-0.4, -0.2) is 23.5 Å². The predicted octanol–water partition coefficient (Wildman–Crippen LogP) is 4.22. The Morgan fingerprint density at radius 3 is 2.87 bits per heavy atom. The second kappa shape index (κ2) is 6.75. The van der Waals surface area contributed by atoms with Crippen LogP contribution in [-0.2, 0) is 17.8 Å². The van der Waals surface area contributed by atoms with Gasteiger partial charge in [0.2, 0.25) is 0 Å². The van der Waals surface area contributed by atoms with Crippen molar-refractivity contribution in [1.82, 2.24) is 4.90 Å². The maximum Gasteiger partial charge on any atom is 0.263 e. The molecule has 0 N–H and O–H groups in total. The second-order valence-electron chi connectivity index (χ2n) is 6.37. The summed E-state index contributed by atoms with van der Waals surface area (Å²) in [5.74, 6) is 1.28. The van der Waals surface area contributed by atoms with Crippen molar-refractivity contribution in [3.63, 3.8) is 0 Å². The molecule has 0 fully saturated rings. The summed E-state index contributed by atoms with van der Waals surface area (Å²) in [4.78, 5) is 16.0. The van der Waals surface area contributed by atoms with Crippen molar-refractivity contribution in [2.24, 2.45) is 0 Å². The van der Waals surface area contributed by atoms with Gasteiger partial charge in [-0.2, -0.15) is 0 Å². The van der Waals surface area contributed by atoms with Gasteiger partial charge >= 0.3 is 0 Å². The van der Waals surface area contributed by atoms with Crippen LogP contribution in [0.25, 0.3) is 0 Å². The number of thiophene rings is 1. The van der Waals surface area contributed by atoms with E-state index in [1.165, 1.54) is 16.0 Å². The molecule has 2 aromatic rings. The van der Waals surface area contributed by atoms with E-state index in [2.05, 4.69) is 31.4 Å². The molecule has 1 aromatic carbocycles. The highest BCUT2D eigenvalue weighted by molar-refractivity contribution is 7.10. The van der Waals surface area contributed by atoms with Crippen LogP contribution in [0.15, 0.2) is 35.7 Å². The first-order chi connectivity index (χ1) is 11.0. The van der Waals surface area contributed by atoms with Crippen LogP contribution in [0, 0.1) is 0 Å². The van der Waals surface area contributed by atoms with Gasteiger partial charge < -0.3 is 9.64 Å². The summed E-state index contributed by atoms with van der Waals surface area (Å²) in [6.45, 7) is 7.64. The van der Waals surface area contributed by atoms with Crippen molar-refractivity contribution < 1.29 is 9.53 Å². The number of rotatable bonds is 4. The number of benzene rings is 1. The lowest BCUT2D eigenvalue weighted by Crippen LogP contribution is -2.42. The highest BCUT2D eigenvalue weighted by Gasteiger charge is 2.26. The van der Waals surface area contributed by atoms with Gasteiger partial charge in [0.05, 0.1) is 0 Å². The van der Waals surface area contributed by atoms with Gasteiger partial charge in [0.15, 0.2) is 6.10 Å². The van der Waals surface area contributed by atoms with Gasteiger partial charge in [-0.3, -0.25) is 4.79 Å². The first-order valence-electron chi connectivity index (χ1n) is 8.15. The average Bonchev–Trinajstić information content (AvgIpc) is 3.01. The highest BCUT2D eigenvalue weighted by Crippen LogP contribution is 2.25. The molecular formula is C19H23NO2S. The van der Waals surface area contributed by atoms with Crippen LogP contribution < -0.4 is 4.74 Å². The quantitative estimate of drug-likeness (QED) is 0.840. The van der Waals surface area contributed by atoms with Crippen molar-refractivity contribution in [2.45, 2.75) is 45.8 Å². The van der Waals surface area contributed by atoms with E-state index < -0.39 is 6.10 Å². The van der Waals surface area contributed by atoms with Gasteiger partial charge in [0, 0.05) is 18.0 Å². The Hall–Kier alpha value is -1.81. The van der Waals surface area contributed by atoms with E-state index in [4.69, 9.17) is 4.74 Å². The van der Waals surface area contributed by atoms with E-state index in [0.717, 1.165) is 18.7 Å². The Labute approximate surface area is 141 Å². The molecule has 1 aliphatic rings. The smallest absolute Gasteiger partial charge is 0.263 e. The molecule has 0 aliphatic carbocycles. The lowest BCUT2D eigenvalue weighted by Gasteiger charge is -2.29.